The van der Waals surface area contributed by atoms with E-state index in [1.807, 2.05) is 13.8 Å². The molecule has 1 aliphatic rings. The number of aromatic nitrogens is 3. The Morgan fingerprint density at radius 1 is 1.02 bits per heavy atom. The van der Waals surface area contributed by atoms with Crippen molar-refractivity contribution < 1.29 is 46.9 Å². The van der Waals surface area contributed by atoms with Gasteiger partial charge in [-0.25, -0.2) is 14.1 Å². The van der Waals surface area contributed by atoms with E-state index in [1.54, 1.807) is 77.1 Å². The molecular weight excluding hydrogens is 681 g/mol. The highest BCUT2D eigenvalue weighted by Gasteiger charge is 2.64. The molecule has 1 unspecified atom stereocenters. The average Bonchev–Trinajstić information content (AvgIpc) is 3.65. The van der Waals surface area contributed by atoms with E-state index in [0.29, 0.717) is 11.2 Å². The third-order valence-corrected chi connectivity index (χ3v) is 10.4. The van der Waals surface area contributed by atoms with Crippen LogP contribution in [0.3, 0.4) is 0 Å². The Morgan fingerprint density at radius 2 is 1.69 bits per heavy atom. The molecule has 2 aromatic heterocycles. The van der Waals surface area contributed by atoms with Crippen LogP contribution in [0, 0.1) is 17.8 Å². The minimum Gasteiger partial charge on any atom is -0.464 e. The molecule has 15 nitrogen and oxygen atoms in total. The van der Waals surface area contributed by atoms with Crippen molar-refractivity contribution in [3.63, 3.8) is 0 Å². The van der Waals surface area contributed by atoms with Crippen molar-refractivity contribution in [2.45, 2.75) is 91.6 Å². The van der Waals surface area contributed by atoms with Crippen LogP contribution in [-0.4, -0.2) is 70.1 Å². The lowest BCUT2D eigenvalue weighted by molar-refractivity contribution is -0.193. The maximum atomic E-state index is 14.5. The summed E-state index contributed by atoms with van der Waals surface area (Å²) in [5, 5.41) is 7.04. The third kappa shape index (κ3) is 9.07. The molecule has 1 aromatic carbocycles. The summed E-state index contributed by atoms with van der Waals surface area (Å²) in [4.78, 5) is 43.8. The zero-order valence-corrected chi connectivity index (χ0v) is 31.4. The Labute approximate surface area is 298 Å². The molecule has 16 heteroatoms. The second-order valence-corrected chi connectivity index (χ2v) is 15.2. The van der Waals surface area contributed by atoms with Gasteiger partial charge in [0.15, 0.2) is 11.9 Å². The number of nitrogens with zero attached hydrogens (tertiary/aromatic N) is 3. The molecular formula is C35H50N5O10P. The molecule has 0 spiro atoms. The summed E-state index contributed by atoms with van der Waals surface area (Å²) in [6.45, 7) is 13.1. The Hall–Kier alpha value is -4.04. The van der Waals surface area contributed by atoms with Gasteiger partial charge in [-0.15, -0.1) is 0 Å². The van der Waals surface area contributed by atoms with Gasteiger partial charge in [0.25, 0.3) is 0 Å². The van der Waals surface area contributed by atoms with E-state index >= 15 is 0 Å². The number of nitrogens with one attached hydrogen (secondary N) is 1. The standard InChI is InChI=1S/C35H50N5O10P/c1-9-25(10-2)18-45-32(43)24(7)39-51(44,50-26-14-12-11-13-15-26)47-19-34(8)33(48-30(41)22(3)4)35(20-46-34,49-31(42)23(5)6)28-17-16-27-29(36)37-21-38-40(27)28/h11-17,21-25,33H,9-10,18-20H2,1-8H3,(H,39,44)(H2,36,37,38)/t24-,33+,34+,35+,51?/m0/s1. The number of esters is 3. The second-order valence-electron chi connectivity index (χ2n) is 13.5. The Kier molecular flexibility index (Phi) is 12.9. The number of fused-ring (bicyclic) bond motifs is 1. The fourth-order valence-electron chi connectivity index (χ4n) is 5.48. The smallest absolute Gasteiger partial charge is 0.459 e. The summed E-state index contributed by atoms with van der Waals surface area (Å²) in [6.07, 6.45) is 1.54. The molecule has 51 heavy (non-hydrogen) atoms. The maximum absolute atomic E-state index is 14.5. The zero-order chi connectivity index (χ0) is 37.6. The minimum absolute atomic E-state index is 0.167. The van der Waals surface area contributed by atoms with Gasteiger partial charge in [-0.2, -0.15) is 10.2 Å². The maximum Gasteiger partial charge on any atom is 0.459 e. The Bertz CT molecular complexity index is 1720. The number of rotatable bonds is 17. The summed E-state index contributed by atoms with van der Waals surface area (Å²) in [6, 6.07) is 10.5. The van der Waals surface area contributed by atoms with Crippen molar-refractivity contribution in [2.24, 2.45) is 17.8 Å². The first-order valence-electron chi connectivity index (χ1n) is 17.2. The number of hydrogen-bond donors (Lipinski definition) is 2. The van der Waals surface area contributed by atoms with Gasteiger partial charge in [-0.1, -0.05) is 72.6 Å². The quantitative estimate of drug-likeness (QED) is 0.104. The molecule has 0 bridgehead atoms. The topological polar surface area (TPSA) is 192 Å². The van der Waals surface area contributed by atoms with E-state index in [1.165, 1.54) is 17.8 Å². The van der Waals surface area contributed by atoms with E-state index in [4.69, 9.17) is 33.7 Å². The first kappa shape index (κ1) is 39.7. The Morgan fingerprint density at radius 3 is 2.31 bits per heavy atom. The summed E-state index contributed by atoms with van der Waals surface area (Å²) < 4.78 is 52.1. The lowest BCUT2D eigenvalue weighted by Gasteiger charge is -2.38. The molecule has 4 rings (SSSR count). The van der Waals surface area contributed by atoms with Gasteiger partial charge in [-0.3, -0.25) is 18.9 Å². The third-order valence-electron chi connectivity index (χ3n) is 8.78. The molecule has 5 atom stereocenters. The SMILES string of the molecule is CCC(CC)COC(=O)[C@H](C)NP(=O)(OC[C@@]1(C)OC[C@@](OC(=O)C(C)C)(c2ccc3c(N)ncnn23)[C@@H]1OC(=O)C(C)C)Oc1ccccc1. The average molecular weight is 732 g/mol. The molecule has 280 valence electrons. The largest absolute Gasteiger partial charge is 0.464 e. The van der Waals surface area contributed by atoms with Crippen LogP contribution in [0.4, 0.5) is 5.82 Å². The molecule has 3 aromatic rings. The van der Waals surface area contributed by atoms with Crippen LogP contribution >= 0.6 is 7.75 Å². The number of carbonyl (C=O) groups excluding carboxylic acids is 3. The van der Waals surface area contributed by atoms with Gasteiger partial charge in [0.1, 0.15) is 29.2 Å². The van der Waals surface area contributed by atoms with Gasteiger partial charge in [0.05, 0.1) is 37.4 Å². The number of nitrogens with two attached hydrogens (primary N) is 1. The summed E-state index contributed by atoms with van der Waals surface area (Å²) >= 11 is 0. The summed E-state index contributed by atoms with van der Waals surface area (Å²) in [7, 11) is -4.40. The number of anilines is 1. The van der Waals surface area contributed by atoms with E-state index in [9.17, 15) is 18.9 Å². The van der Waals surface area contributed by atoms with E-state index < -0.39 is 67.4 Å². The van der Waals surface area contributed by atoms with Crippen LogP contribution in [0.25, 0.3) is 5.52 Å². The number of hydrogen-bond acceptors (Lipinski definition) is 13. The highest BCUT2D eigenvalue weighted by molar-refractivity contribution is 7.52. The van der Waals surface area contributed by atoms with Gasteiger partial charge >= 0.3 is 25.7 Å². The van der Waals surface area contributed by atoms with Gasteiger partial charge in [-0.05, 0) is 44.0 Å². The number of para-hydroxylation sites is 1. The predicted molar refractivity (Wildman–Crippen MR) is 187 cm³/mol. The number of nitrogen functional groups attached to an aromatic ring is 1. The highest BCUT2D eigenvalue weighted by Crippen LogP contribution is 2.51. The van der Waals surface area contributed by atoms with E-state index in [0.717, 1.165) is 12.8 Å². The minimum atomic E-state index is -4.40. The van der Waals surface area contributed by atoms with Crippen molar-refractivity contribution in [1.82, 2.24) is 19.7 Å². The van der Waals surface area contributed by atoms with Gasteiger partial charge in [0.2, 0.25) is 5.60 Å². The van der Waals surface area contributed by atoms with Crippen molar-refractivity contribution in [3.8, 4) is 5.75 Å². The molecule has 1 saturated heterocycles. The molecule has 0 amide bonds. The molecule has 3 N–H and O–H groups in total. The summed E-state index contributed by atoms with van der Waals surface area (Å²) in [5.41, 5.74) is 3.46. The first-order chi connectivity index (χ1) is 24.1. The monoisotopic (exact) mass is 731 g/mol. The van der Waals surface area contributed by atoms with Crippen molar-refractivity contribution in [3.05, 3.63) is 54.5 Å². The Balaban J connectivity index is 1.74. The number of ether oxygens (including phenoxy) is 4. The van der Waals surface area contributed by atoms with Crippen LogP contribution in [0.1, 0.15) is 73.9 Å². The number of benzene rings is 1. The van der Waals surface area contributed by atoms with Crippen LogP contribution in [-0.2, 0) is 48.0 Å². The van der Waals surface area contributed by atoms with Crippen LogP contribution in [0.5, 0.6) is 5.75 Å². The second kappa shape index (κ2) is 16.5. The highest BCUT2D eigenvalue weighted by atomic mass is 31.2. The zero-order valence-electron chi connectivity index (χ0n) is 30.5. The molecule has 1 fully saturated rings. The first-order valence-corrected chi connectivity index (χ1v) is 18.7. The molecule has 0 saturated carbocycles. The number of carbonyl (C=O) groups is 3. The summed E-state index contributed by atoms with van der Waals surface area (Å²) in [5.74, 6) is -2.48. The predicted octanol–water partition coefficient (Wildman–Crippen LogP) is 5.22. The lowest BCUT2D eigenvalue weighted by Crippen LogP contribution is -2.55. The fourth-order valence-corrected chi connectivity index (χ4v) is 7.07. The molecule has 3 heterocycles. The van der Waals surface area contributed by atoms with Crippen molar-refractivity contribution in [1.29, 1.82) is 0 Å². The van der Waals surface area contributed by atoms with Crippen LogP contribution in [0.2, 0.25) is 0 Å². The van der Waals surface area contributed by atoms with Gasteiger partial charge in [0, 0.05) is 0 Å². The van der Waals surface area contributed by atoms with E-state index in [-0.39, 0.29) is 30.7 Å². The van der Waals surface area contributed by atoms with Crippen molar-refractivity contribution in [2.75, 3.05) is 25.6 Å². The van der Waals surface area contributed by atoms with Crippen LogP contribution in [0.15, 0.2) is 48.8 Å². The molecule has 0 radical (unpaired) electrons. The molecule has 1 aliphatic heterocycles. The normalized spacial score (nSPS) is 22.2. The van der Waals surface area contributed by atoms with Gasteiger partial charge < -0.3 is 29.2 Å². The fraction of sp³-hybridized carbons (Fsp3) is 0.571. The van der Waals surface area contributed by atoms with Crippen LogP contribution < -0.4 is 15.3 Å². The molecule has 0 aliphatic carbocycles. The lowest BCUT2D eigenvalue weighted by atomic mass is 9.85. The van der Waals surface area contributed by atoms with E-state index in [2.05, 4.69) is 15.2 Å². The van der Waals surface area contributed by atoms with Crippen molar-refractivity contribution >= 4 is 37.0 Å².